The molecule has 0 saturated heterocycles. The molecular formula is C15H13BrClFO2. The lowest BCUT2D eigenvalue weighted by atomic mass is 10.0. The fourth-order valence-electron chi connectivity index (χ4n) is 1.94. The summed E-state index contributed by atoms with van der Waals surface area (Å²) in [4.78, 5) is 0. The number of hydrogen-bond donors (Lipinski definition) is 1. The van der Waals surface area contributed by atoms with E-state index in [4.69, 9.17) is 16.3 Å². The van der Waals surface area contributed by atoms with Gasteiger partial charge in [0.1, 0.15) is 11.6 Å². The first-order valence-electron chi connectivity index (χ1n) is 5.96. The molecule has 106 valence electrons. The van der Waals surface area contributed by atoms with Crippen molar-refractivity contribution >= 4 is 27.5 Å². The number of benzene rings is 2. The molecule has 0 amide bonds. The van der Waals surface area contributed by atoms with Gasteiger partial charge in [-0.1, -0.05) is 23.7 Å². The van der Waals surface area contributed by atoms with E-state index in [1.807, 2.05) is 12.1 Å². The third kappa shape index (κ3) is 3.51. The third-order valence-corrected chi connectivity index (χ3v) is 3.82. The molecule has 0 fully saturated rings. The van der Waals surface area contributed by atoms with Crippen molar-refractivity contribution in [3.05, 3.63) is 62.8 Å². The van der Waals surface area contributed by atoms with Gasteiger partial charge in [0.05, 0.1) is 17.7 Å². The highest BCUT2D eigenvalue weighted by atomic mass is 79.9. The second kappa shape index (κ2) is 6.57. The summed E-state index contributed by atoms with van der Waals surface area (Å²) >= 11 is 9.07. The second-order valence-electron chi connectivity index (χ2n) is 4.35. The monoisotopic (exact) mass is 358 g/mol. The molecule has 1 N–H and O–H groups in total. The number of hydrogen-bond acceptors (Lipinski definition) is 2. The van der Waals surface area contributed by atoms with Gasteiger partial charge in [0.2, 0.25) is 0 Å². The van der Waals surface area contributed by atoms with Gasteiger partial charge in [0, 0.05) is 17.0 Å². The molecule has 20 heavy (non-hydrogen) atoms. The van der Waals surface area contributed by atoms with E-state index >= 15 is 0 Å². The molecule has 0 aromatic heterocycles. The first-order chi connectivity index (χ1) is 9.51. The molecule has 0 aliphatic rings. The van der Waals surface area contributed by atoms with E-state index in [2.05, 4.69) is 15.9 Å². The zero-order valence-electron chi connectivity index (χ0n) is 10.7. The Morgan fingerprint density at radius 2 is 2.05 bits per heavy atom. The fourth-order valence-corrected chi connectivity index (χ4v) is 2.69. The van der Waals surface area contributed by atoms with Crippen molar-refractivity contribution in [3.63, 3.8) is 0 Å². The standard InChI is InChI=1S/C15H13BrClFO2/c1-20-15-5-2-9(6-12(15)16)7-14(19)11-4-3-10(17)8-13(11)18/h2-6,8,14,19H,7H2,1H3. The largest absolute Gasteiger partial charge is 0.496 e. The van der Waals surface area contributed by atoms with Crippen molar-refractivity contribution in [2.45, 2.75) is 12.5 Å². The van der Waals surface area contributed by atoms with Gasteiger partial charge in [0.25, 0.3) is 0 Å². The molecule has 1 unspecified atom stereocenters. The summed E-state index contributed by atoms with van der Waals surface area (Å²) < 4.78 is 19.7. The number of aliphatic hydroxyl groups excluding tert-OH is 1. The molecule has 0 radical (unpaired) electrons. The van der Waals surface area contributed by atoms with Crippen LogP contribution in [0.15, 0.2) is 40.9 Å². The molecule has 2 rings (SSSR count). The molecule has 2 aromatic rings. The summed E-state index contributed by atoms with van der Waals surface area (Å²) in [5.74, 6) is 0.207. The van der Waals surface area contributed by atoms with Gasteiger partial charge in [-0.3, -0.25) is 0 Å². The van der Waals surface area contributed by atoms with E-state index in [-0.39, 0.29) is 5.56 Å². The Morgan fingerprint density at radius 3 is 2.65 bits per heavy atom. The van der Waals surface area contributed by atoms with Gasteiger partial charge in [-0.15, -0.1) is 0 Å². The molecule has 0 spiro atoms. The minimum atomic E-state index is -0.924. The van der Waals surface area contributed by atoms with Crippen molar-refractivity contribution in [3.8, 4) is 5.75 Å². The first-order valence-corrected chi connectivity index (χ1v) is 7.14. The fraction of sp³-hybridized carbons (Fsp3) is 0.200. The average Bonchev–Trinajstić information content (AvgIpc) is 2.38. The highest BCUT2D eigenvalue weighted by molar-refractivity contribution is 9.10. The highest BCUT2D eigenvalue weighted by Gasteiger charge is 2.14. The SMILES string of the molecule is COc1ccc(CC(O)c2ccc(Cl)cc2F)cc1Br. The molecule has 2 nitrogen and oxygen atoms in total. The Balaban J connectivity index is 2.18. The smallest absolute Gasteiger partial charge is 0.133 e. The van der Waals surface area contributed by atoms with E-state index in [0.717, 1.165) is 10.0 Å². The summed E-state index contributed by atoms with van der Waals surface area (Å²) in [6.07, 6.45) is -0.617. The Bertz CT molecular complexity index is 619. The zero-order chi connectivity index (χ0) is 14.7. The third-order valence-electron chi connectivity index (χ3n) is 2.97. The summed E-state index contributed by atoms with van der Waals surface area (Å²) in [7, 11) is 1.58. The molecule has 0 bridgehead atoms. The number of methoxy groups -OCH3 is 1. The van der Waals surface area contributed by atoms with Crippen LogP contribution in [0.1, 0.15) is 17.2 Å². The Morgan fingerprint density at radius 1 is 1.30 bits per heavy atom. The topological polar surface area (TPSA) is 29.5 Å². The molecule has 0 aliphatic carbocycles. The van der Waals surface area contributed by atoms with E-state index < -0.39 is 11.9 Å². The van der Waals surface area contributed by atoms with Crippen molar-refractivity contribution in [2.75, 3.05) is 7.11 Å². The average molecular weight is 360 g/mol. The molecule has 5 heteroatoms. The van der Waals surface area contributed by atoms with Crippen LogP contribution in [0.4, 0.5) is 4.39 Å². The number of aliphatic hydroxyl groups is 1. The molecule has 0 aliphatic heterocycles. The van der Waals surface area contributed by atoms with Crippen LogP contribution in [0, 0.1) is 5.82 Å². The molecule has 0 heterocycles. The predicted octanol–water partition coefficient (Wildman–Crippen LogP) is 4.53. The molecular weight excluding hydrogens is 347 g/mol. The van der Waals surface area contributed by atoms with Gasteiger partial charge >= 0.3 is 0 Å². The lowest BCUT2D eigenvalue weighted by molar-refractivity contribution is 0.173. The number of ether oxygens (including phenoxy) is 1. The maximum absolute atomic E-state index is 13.7. The lowest BCUT2D eigenvalue weighted by Gasteiger charge is -2.13. The quantitative estimate of drug-likeness (QED) is 0.869. The van der Waals surface area contributed by atoms with Crippen molar-refractivity contribution < 1.29 is 14.2 Å². The van der Waals surface area contributed by atoms with E-state index in [9.17, 15) is 9.50 Å². The minimum absolute atomic E-state index is 0.237. The van der Waals surface area contributed by atoms with Crippen LogP contribution in [-0.4, -0.2) is 12.2 Å². The van der Waals surface area contributed by atoms with E-state index in [0.29, 0.717) is 17.2 Å². The zero-order valence-corrected chi connectivity index (χ0v) is 13.1. The maximum Gasteiger partial charge on any atom is 0.133 e. The van der Waals surface area contributed by atoms with Crippen LogP contribution >= 0.6 is 27.5 Å². The van der Waals surface area contributed by atoms with Crippen LogP contribution in [0.2, 0.25) is 5.02 Å². The lowest BCUT2D eigenvalue weighted by Crippen LogP contribution is -2.04. The summed E-state index contributed by atoms with van der Waals surface area (Å²) in [5.41, 5.74) is 1.11. The Hall–Kier alpha value is -1.10. The van der Waals surface area contributed by atoms with Gasteiger partial charge < -0.3 is 9.84 Å². The van der Waals surface area contributed by atoms with E-state index in [1.54, 1.807) is 19.2 Å². The normalized spacial score (nSPS) is 12.2. The Labute approximate surface area is 130 Å². The maximum atomic E-state index is 13.7. The summed E-state index contributed by atoms with van der Waals surface area (Å²) in [5, 5.41) is 10.4. The number of rotatable bonds is 4. The van der Waals surface area contributed by atoms with Gasteiger partial charge in [-0.2, -0.15) is 0 Å². The van der Waals surface area contributed by atoms with Crippen LogP contribution < -0.4 is 4.74 Å². The summed E-state index contributed by atoms with van der Waals surface area (Å²) in [6, 6.07) is 9.74. The number of halogens is 3. The molecule has 2 aromatic carbocycles. The molecule has 0 saturated carbocycles. The first kappa shape index (κ1) is 15.3. The van der Waals surface area contributed by atoms with Crippen LogP contribution in [0.5, 0.6) is 5.75 Å². The van der Waals surface area contributed by atoms with Crippen molar-refractivity contribution in [1.82, 2.24) is 0 Å². The van der Waals surface area contributed by atoms with Crippen molar-refractivity contribution in [1.29, 1.82) is 0 Å². The predicted molar refractivity (Wildman–Crippen MR) is 80.8 cm³/mol. The van der Waals surface area contributed by atoms with Crippen LogP contribution in [0.25, 0.3) is 0 Å². The van der Waals surface area contributed by atoms with Crippen LogP contribution in [-0.2, 0) is 6.42 Å². The van der Waals surface area contributed by atoms with Crippen LogP contribution in [0.3, 0.4) is 0 Å². The summed E-state index contributed by atoms with van der Waals surface area (Å²) in [6.45, 7) is 0. The molecule has 1 atom stereocenters. The Kier molecular flexibility index (Phi) is 5.02. The van der Waals surface area contributed by atoms with Gasteiger partial charge in [-0.25, -0.2) is 4.39 Å². The minimum Gasteiger partial charge on any atom is -0.496 e. The van der Waals surface area contributed by atoms with Gasteiger partial charge in [0.15, 0.2) is 0 Å². The highest BCUT2D eigenvalue weighted by Crippen LogP contribution is 2.29. The van der Waals surface area contributed by atoms with Gasteiger partial charge in [-0.05, 0) is 45.8 Å². The second-order valence-corrected chi connectivity index (χ2v) is 5.65. The van der Waals surface area contributed by atoms with E-state index in [1.165, 1.54) is 12.1 Å². The van der Waals surface area contributed by atoms with Crippen molar-refractivity contribution in [2.24, 2.45) is 0 Å².